The van der Waals surface area contributed by atoms with Gasteiger partial charge in [-0.3, -0.25) is 4.79 Å². The van der Waals surface area contributed by atoms with Gasteiger partial charge in [-0.1, -0.05) is 12.1 Å². The summed E-state index contributed by atoms with van der Waals surface area (Å²) in [5.74, 6) is -0.965. The first kappa shape index (κ1) is 10.7. The Balaban J connectivity index is 2.41. The Hall–Kier alpha value is -1.81. The molecule has 1 aromatic heterocycles. The number of aromatic nitrogens is 1. The number of aryl methyl sites for hydroxylation is 1. The van der Waals surface area contributed by atoms with E-state index in [4.69, 9.17) is 10.8 Å². The van der Waals surface area contributed by atoms with Crippen LogP contribution >= 0.6 is 0 Å². The van der Waals surface area contributed by atoms with Crippen LogP contribution in [0.25, 0.3) is 10.9 Å². The Morgan fingerprint density at radius 1 is 1.50 bits per heavy atom. The van der Waals surface area contributed by atoms with E-state index in [0.717, 1.165) is 16.5 Å². The van der Waals surface area contributed by atoms with Gasteiger partial charge in [0.1, 0.15) is 6.04 Å². The van der Waals surface area contributed by atoms with Crippen LogP contribution in [0.5, 0.6) is 0 Å². The van der Waals surface area contributed by atoms with Crippen LogP contribution in [-0.4, -0.2) is 21.7 Å². The Morgan fingerprint density at radius 2 is 2.25 bits per heavy atom. The van der Waals surface area contributed by atoms with E-state index in [1.54, 1.807) is 0 Å². The van der Waals surface area contributed by atoms with Gasteiger partial charge in [-0.25, -0.2) is 0 Å². The molecule has 84 valence electrons. The summed E-state index contributed by atoms with van der Waals surface area (Å²) in [6, 6.07) is 6.99. The third-order valence-corrected chi connectivity index (χ3v) is 2.78. The molecular weight excluding hydrogens is 204 g/mol. The van der Waals surface area contributed by atoms with Crippen LogP contribution in [0.15, 0.2) is 30.5 Å². The molecule has 0 fully saturated rings. The molecule has 4 heteroatoms. The zero-order valence-corrected chi connectivity index (χ0v) is 9.05. The average Bonchev–Trinajstić information content (AvgIpc) is 2.62. The summed E-state index contributed by atoms with van der Waals surface area (Å²) in [6.07, 6.45) is 2.32. The number of fused-ring (bicyclic) bond motifs is 1. The number of hydrogen-bond donors (Lipinski definition) is 2. The molecule has 1 aromatic carbocycles. The molecule has 0 spiro atoms. The van der Waals surface area contributed by atoms with Gasteiger partial charge < -0.3 is 15.4 Å². The number of carboxylic acids is 1. The number of aliphatic carboxylic acids is 1. The van der Waals surface area contributed by atoms with Crippen LogP contribution in [0.4, 0.5) is 0 Å². The van der Waals surface area contributed by atoms with Gasteiger partial charge in [0.15, 0.2) is 0 Å². The first-order chi connectivity index (χ1) is 7.59. The van der Waals surface area contributed by atoms with Crippen molar-refractivity contribution in [2.45, 2.75) is 12.5 Å². The lowest BCUT2D eigenvalue weighted by molar-refractivity contribution is -0.138. The molecule has 0 radical (unpaired) electrons. The van der Waals surface area contributed by atoms with Crippen LogP contribution in [0.1, 0.15) is 5.56 Å². The maximum atomic E-state index is 10.7. The second kappa shape index (κ2) is 3.98. The number of benzene rings is 1. The number of nitrogens with two attached hydrogens (primary N) is 1. The molecule has 0 bridgehead atoms. The topological polar surface area (TPSA) is 68.2 Å². The molecule has 16 heavy (non-hydrogen) atoms. The Kier molecular flexibility index (Phi) is 2.66. The van der Waals surface area contributed by atoms with E-state index in [9.17, 15) is 4.79 Å². The molecule has 1 heterocycles. The van der Waals surface area contributed by atoms with E-state index in [-0.39, 0.29) is 0 Å². The zero-order valence-electron chi connectivity index (χ0n) is 9.05. The summed E-state index contributed by atoms with van der Waals surface area (Å²) < 4.78 is 2.01. The summed E-state index contributed by atoms with van der Waals surface area (Å²) in [5, 5.41) is 9.86. The van der Waals surface area contributed by atoms with E-state index in [2.05, 4.69) is 0 Å². The van der Waals surface area contributed by atoms with Crippen molar-refractivity contribution < 1.29 is 9.90 Å². The van der Waals surface area contributed by atoms with Gasteiger partial charge in [-0.2, -0.15) is 0 Å². The average molecular weight is 218 g/mol. The summed E-state index contributed by atoms with van der Waals surface area (Å²) >= 11 is 0. The highest BCUT2D eigenvalue weighted by molar-refractivity contribution is 5.84. The fraction of sp³-hybridized carbons (Fsp3) is 0.250. The smallest absolute Gasteiger partial charge is 0.320 e. The SMILES string of the molecule is Cn1ccc2c(C[C@H](N)C(=O)O)cccc21. The molecule has 0 aliphatic rings. The van der Waals surface area contributed by atoms with Crippen molar-refractivity contribution in [1.29, 1.82) is 0 Å². The number of nitrogens with zero attached hydrogens (tertiary/aromatic N) is 1. The highest BCUT2D eigenvalue weighted by Gasteiger charge is 2.14. The number of carbonyl (C=O) groups is 1. The minimum atomic E-state index is -0.965. The van der Waals surface area contributed by atoms with E-state index in [0.29, 0.717) is 6.42 Å². The molecule has 0 saturated carbocycles. The number of hydrogen-bond acceptors (Lipinski definition) is 2. The lowest BCUT2D eigenvalue weighted by Crippen LogP contribution is -2.32. The lowest BCUT2D eigenvalue weighted by atomic mass is 10.0. The highest BCUT2D eigenvalue weighted by atomic mass is 16.4. The minimum absolute atomic E-state index is 0.358. The Bertz CT molecular complexity index is 531. The first-order valence-corrected chi connectivity index (χ1v) is 5.11. The number of rotatable bonds is 3. The number of carboxylic acid groups (broad SMARTS) is 1. The van der Waals surface area contributed by atoms with E-state index in [1.807, 2.05) is 42.1 Å². The molecule has 4 nitrogen and oxygen atoms in total. The monoisotopic (exact) mass is 218 g/mol. The summed E-state index contributed by atoms with van der Waals surface area (Å²) in [7, 11) is 1.96. The highest BCUT2D eigenvalue weighted by Crippen LogP contribution is 2.20. The van der Waals surface area contributed by atoms with Crippen LogP contribution in [0.2, 0.25) is 0 Å². The first-order valence-electron chi connectivity index (χ1n) is 5.11. The van der Waals surface area contributed by atoms with Crippen molar-refractivity contribution >= 4 is 16.9 Å². The van der Waals surface area contributed by atoms with Crippen molar-refractivity contribution in [3.05, 3.63) is 36.0 Å². The van der Waals surface area contributed by atoms with Crippen molar-refractivity contribution in [1.82, 2.24) is 4.57 Å². The predicted molar refractivity (Wildman–Crippen MR) is 62.2 cm³/mol. The van der Waals surface area contributed by atoms with Gasteiger partial charge in [-0.05, 0) is 24.1 Å². The van der Waals surface area contributed by atoms with Gasteiger partial charge >= 0.3 is 5.97 Å². The Morgan fingerprint density at radius 3 is 2.94 bits per heavy atom. The molecule has 0 amide bonds. The van der Waals surface area contributed by atoms with Gasteiger partial charge in [-0.15, -0.1) is 0 Å². The maximum Gasteiger partial charge on any atom is 0.320 e. The third kappa shape index (κ3) is 1.79. The van der Waals surface area contributed by atoms with Gasteiger partial charge in [0, 0.05) is 24.1 Å². The second-order valence-corrected chi connectivity index (χ2v) is 3.93. The summed E-state index contributed by atoms with van der Waals surface area (Å²) in [6.45, 7) is 0. The quantitative estimate of drug-likeness (QED) is 0.811. The van der Waals surface area contributed by atoms with Crippen LogP contribution in [0, 0.1) is 0 Å². The molecule has 0 aliphatic heterocycles. The lowest BCUT2D eigenvalue weighted by Gasteiger charge is -2.08. The standard InChI is InChI=1S/C12H14N2O2/c1-14-6-5-9-8(3-2-4-11(9)14)7-10(13)12(15)16/h2-6,10H,7,13H2,1H3,(H,15,16)/t10-/m0/s1. The second-order valence-electron chi connectivity index (χ2n) is 3.93. The molecular formula is C12H14N2O2. The third-order valence-electron chi connectivity index (χ3n) is 2.78. The molecule has 1 atom stereocenters. The van der Waals surface area contributed by atoms with E-state index in [1.165, 1.54) is 0 Å². The van der Waals surface area contributed by atoms with Gasteiger partial charge in [0.25, 0.3) is 0 Å². The molecule has 2 rings (SSSR count). The van der Waals surface area contributed by atoms with Crippen molar-refractivity contribution in [2.24, 2.45) is 12.8 Å². The summed E-state index contributed by atoms with van der Waals surface area (Å²) in [5.41, 5.74) is 7.61. The Labute approximate surface area is 93.3 Å². The van der Waals surface area contributed by atoms with Gasteiger partial charge in [0.2, 0.25) is 0 Å². The van der Waals surface area contributed by atoms with Crippen LogP contribution in [-0.2, 0) is 18.3 Å². The van der Waals surface area contributed by atoms with Crippen LogP contribution in [0.3, 0.4) is 0 Å². The largest absolute Gasteiger partial charge is 0.480 e. The fourth-order valence-electron chi connectivity index (χ4n) is 1.87. The molecule has 0 aliphatic carbocycles. The van der Waals surface area contributed by atoms with Crippen LogP contribution < -0.4 is 5.73 Å². The van der Waals surface area contributed by atoms with E-state index < -0.39 is 12.0 Å². The molecule has 0 unspecified atom stereocenters. The zero-order chi connectivity index (χ0) is 11.7. The molecule has 0 saturated heterocycles. The maximum absolute atomic E-state index is 10.7. The van der Waals surface area contributed by atoms with Crippen molar-refractivity contribution in [3.8, 4) is 0 Å². The van der Waals surface area contributed by atoms with Gasteiger partial charge in [0.05, 0.1) is 0 Å². The minimum Gasteiger partial charge on any atom is -0.480 e. The fourth-order valence-corrected chi connectivity index (χ4v) is 1.87. The molecule has 3 N–H and O–H groups in total. The van der Waals surface area contributed by atoms with Crippen molar-refractivity contribution in [2.75, 3.05) is 0 Å². The normalized spacial score (nSPS) is 12.9. The summed E-state index contributed by atoms with van der Waals surface area (Å²) in [4.78, 5) is 10.7. The molecule has 2 aromatic rings. The predicted octanol–water partition coefficient (Wildman–Crippen LogP) is 1.13. The van der Waals surface area contributed by atoms with E-state index >= 15 is 0 Å². The van der Waals surface area contributed by atoms with Crippen molar-refractivity contribution in [3.63, 3.8) is 0 Å².